The van der Waals surface area contributed by atoms with E-state index in [0.717, 1.165) is 19.6 Å². The predicted octanol–water partition coefficient (Wildman–Crippen LogP) is 1.52. The lowest BCUT2D eigenvalue weighted by atomic mass is 9.96. The Kier molecular flexibility index (Phi) is 4.87. The fourth-order valence-corrected chi connectivity index (χ4v) is 3.08. The highest BCUT2D eigenvalue weighted by molar-refractivity contribution is 5.23. The molecule has 3 rings (SSSR count). The number of hydrogen-bond donors (Lipinski definition) is 3. The summed E-state index contributed by atoms with van der Waals surface area (Å²) in [5.74, 6) is 0.620. The zero-order chi connectivity index (χ0) is 15.4. The molecule has 3 N–H and O–H groups in total. The Morgan fingerprint density at radius 3 is 2.68 bits per heavy atom. The van der Waals surface area contributed by atoms with Crippen molar-refractivity contribution >= 4 is 0 Å². The van der Waals surface area contributed by atoms with Gasteiger partial charge in [0.2, 0.25) is 0 Å². The standard InChI is InChI=1S/C17H25N5/c1-13-17(14(2)21-20-13)10-19-9-15-4-3-5-16(8-15)11-22-7-6-18-12-22/h3-8,12-14,17,19-21H,9-11H2,1-2H3. The summed E-state index contributed by atoms with van der Waals surface area (Å²) in [6.45, 7) is 7.27. The summed E-state index contributed by atoms with van der Waals surface area (Å²) >= 11 is 0. The highest BCUT2D eigenvalue weighted by atomic mass is 15.4. The molecule has 1 aliphatic heterocycles. The Bertz CT molecular complexity index is 570. The first-order valence-corrected chi connectivity index (χ1v) is 7.97. The van der Waals surface area contributed by atoms with Crippen LogP contribution in [0.3, 0.4) is 0 Å². The van der Waals surface area contributed by atoms with Crippen LogP contribution in [0.15, 0.2) is 43.0 Å². The Labute approximate surface area is 132 Å². The minimum absolute atomic E-state index is 0.509. The molecule has 0 bridgehead atoms. The summed E-state index contributed by atoms with van der Waals surface area (Å²) in [5.41, 5.74) is 9.25. The van der Waals surface area contributed by atoms with Crippen LogP contribution in [0.4, 0.5) is 0 Å². The Morgan fingerprint density at radius 1 is 1.18 bits per heavy atom. The number of nitrogens with zero attached hydrogens (tertiary/aromatic N) is 2. The van der Waals surface area contributed by atoms with E-state index >= 15 is 0 Å². The fraction of sp³-hybridized carbons (Fsp3) is 0.471. The minimum Gasteiger partial charge on any atom is -0.333 e. The average Bonchev–Trinajstić information content (AvgIpc) is 3.12. The van der Waals surface area contributed by atoms with Crippen molar-refractivity contribution in [3.63, 3.8) is 0 Å². The van der Waals surface area contributed by atoms with Crippen LogP contribution >= 0.6 is 0 Å². The van der Waals surface area contributed by atoms with Crippen LogP contribution in [0.5, 0.6) is 0 Å². The van der Waals surface area contributed by atoms with Crippen molar-refractivity contribution in [2.24, 2.45) is 5.92 Å². The quantitative estimate of drug-likeness (QED) is 0.757. The molecule has 0 saturated carbocycles. The Balaban J connectivity index is 1.52. The van der Waals surface area contributed by atoms with Gasteiger partial charge in [0.15, 0.2) is 0 Å². The third-order valence-electron chi connectivity index (χ3n) is 4.45. The molecule has 2 aromatic rings. The van der Waals surface area contributed by atoms with Gasteiger partial charge in [0.25, 0.3) is 0 Å². The lowest BCUT2D eigenvalue weighted by molar-refractivity contribution is 0.412. The summed E-state index contributed by atoms with van der Waals surface area (Å²) in [4.78, 5) is 4.09. The normalized spacial score (nSPS) is 24.7. The summed E-state index contributed by atoms with van der Waals surface area (Å²) in [6.07, 6.45) is 5.67. The number of hydrazine groups is 1. The number of benzene rings is 1. The van der Waals surface area contributed by atoms with Gasteiger partial charge in [-0.25, -0.2) is 4.98 Å². The molecule has 2 atom stereocenters. The van der Waals surface area contributed by atoms with Crippen LogP contribution in [-0.2, 0) is 13.1 Å². The first kappa shape index (κ1) is 15.2. The zero-order valence-corrected chi connectivity index (χ0v) is 13.3. The highest BCUT2D eigenvalue weighted by Crippen LogP contribution is 2.13. The maximum Gasteiger partial charge on any atom is 0.0949 e. The van der Waals surface area contributed by atoms with Crippen molar-refractivity contribution in [2.75, 3.05) is 6.54 Å². The van der Waals surface area contributed by atoms with Gasteiger partial charge in [-0.05, 0) is 25.0 Å². The smallest absolute Gasteiger partial charge is 0.0949 e. The molecule has 0 aliphatic carbocycles. The Hall–Kier alpha value is -1.69. The summed E-state index contributed by atoms with van der Waals surface area (Å²) in [6, 6.07) is 9.77. The van der Waals surface area contributed by atoms with E-state index in [4.69, 9.17) is 0 Å². The van der Waals surface area contributed by atoms with Gasteiger partial charge < -0.3 is 9.88 Å². The van der Waals surface area contributed by atoms with E-state index in [-0.39, 0.29) is 0 Å². The van der Waals surface area contributed by atoms with E-state index < -0.39 is 0 Å². The molecule has 1 saturated heterocycles. The molecular formula is C17H25N5. The summed E-state index contributed by atoms with van der Waals surface area (Å²) in [5, 5.41) is 3.59. The van der Waals surface area contributed by atoms with Crippen LogP contribution < -0.4 is 16.2 Å². The van der Waals surface area contributed by atoms with Crippen molar-refractivity contribution in [3.05, 3.63) is 54.1 Å². The molecule has 0 amide bonds. The van der Waals surface area contributed by atoms with Crippen LogP contribution in [-0.4, -0.2) is 28.2 Å². The molecule has 118 valence electrons. The molecule has 1 fully saturated rings. The van der Waals surface area contributed by atoms with E-state index in [0.29, 0.717) is 18.0 Å². The van der Waals surface area contributed by atoms with Crippen molar-refractivity contribution < 1.29 is 0 Å². The average molecular weight is 299 g/mol. The molecule has 0 radical (unpaired) electrons. The number of nitrogens with one attached hydrogen (secondary N) is 3. The monoisotopic (exact) mass is 299 g/mol. The zero-order valence-electron chi connectivity index (χ0n) is 13.3. The van der Waals surface area contributed by atoms with Gasteiger partial charge in [-0.3, -0.25) is 10.9 Å². The van der Waals surface area contributed by atoms with Crippen LogP contribution in [0, 0.1) is 5.92 Å². The predicted molar refractivity (Wildman–Crippen MR) is 88.2 cm³/mol. The Morgan fingerprint density at radius 2 is 1.95 bits per heavy atom. The van der Waals surface area contributed by atoms with Crippen molar-refractivity contribution in [3.8, 4) is 0 Å². The first-order valence-electron chi connectivity index (χ1n) is 7.97. The van der Waals surface area contributed by atoms with Gasteiger partial charge in [-0.1, -0.05) is 24.3 Å². The summed E-state index contributed by atoms with van der Waals surface area (Å²) < 4.78 is 2.09. The molecule has 2 unspecified atom stereocenters. The SMILES string of the molecule is CC1NNC(C)C1CNCc1cccc(Cn2ccnc2)c1. The highest BCUT2D eigenvalue weighted by Gasteiger charge is 2.28. The number of aromatic nitrogens is 2. The van der Waals surface area contributed by atoms with Gasteiger partial charge in [-0.15, -0.1) is 0 Å². The number of imidazole rings is 1. The van der Waals surface area contributed by atoms with Gasteiger partial charge in [0, 0.05) is 50.0 Å². The van der Waals surface area contributed by atoms with E-state index in [1.165, 1.54) is 11.1 Å². The fourth-order valence-electron chi connectivity index (χ4n) is 3.08. The number of rotatable bonds is 6. The largest absolute Gasteiger partial charge is 0.333 e. The van der Waals surface area contributed by atoms with E-state index in [9.17, 15) is 0 Å². The van der Waals surface area contributed by atoms with Crippen molar-refractivity contribution in [2.45, 2.75) is 39.0 Å². The molecule has 1 aromatic carbocycles. The molecule has 1 aliphatic rings. The van der Waals surface area contributed by atoms with Crippen molar-refractivity contribution in [1.29, 1.82) is 0 Å². The molecule has 22 heavy (non-hydrogen) atoms. The lowest BCUT2D eigenvalue weighted by Gasteiger charge is -2.18. The van der Waals surface area contributed by atoms with Gasteiger partial charge in [-0.2, -0.15) is 0 Å². The molecular weight excluding hydrogens is 274 g/mol. The van der Waals surface area contributed by atoms with Crippen LogP contribution in [0.1, 0.15) is 25.0 Å². The third kappa shape index (κ3) is 3.74. The molecule has 0 spiro atoms. The second-order valence-corrected chi connectivity index (χ2v) is 6.22. The lowest BCUT2D eigenvalue weighted by Crippen LogP contribution is -2.33. The molecule has 5 heteroatoms. The number of hydrogen-bond acceptors (Lipinski definition) is 4. The second kappa shape index (κ2) is 7.05. The van der Waals surface area contributed by atoms with Gasteiger partial charge in [0.1, 0.15) is 0 Å². The molecule has 2 heterocycles. The topological polar surface area (TPSA) is 53.9 Å². The minimum atomic E-state index is 0.509. The van der Waals surface area contributed by atoms with Crippen LogP contribution in [0.2, 0.25) is 0 Å². The van der Waals surface area contributed by atoms with Crippen molar-refractivity contribution in [1.82, 2.24) is 25.7 Å². The maximum absolute atomic E-state index is 4.09. The first-order chi connectivity index (χ1) is 10.7. The van der Waals surface area contributed by atoms with E-state index in [2.05, 4.69) is 63.8 Å². The van der Waals surface area contributed by atoms with E-state index in [1.807, 2.05) is 18.7 Å². The summed E-state index contributed by atoms with van der Waals surface area (Å²) in [7, 11) is 0. The van der Waals surface area contributed by atoms with Crippen LogP contribution in [0.25, 0.3) is 0 Å². The van der Waals surface area contributed by atoms with E-state index in [1.54, 1.807) is 0 Å². The molecule has 5 nitrogen and oxygen atoms in total. The molecule has 1 aromatic heterocycles. The van der Waals surface area contributed by atoms with Gasteiger partial charge in [0.05, 0.1) is 6.33 Å². The maximum atomic E-state index is 4.09. The van der Waals surface area contributed by atoms with Gasteiger partial charge >= 0.3 is 0 Å². The second-order valence-electron chi connectivity index (χ2n) is 6.22. The third-order valence-corrected chi connectivity index (χ3v) is 4.45.